The van der Waals surface area contributed by atoms with Gasteiger partial charge in [0.1, 0.15) is 0 Å². The first-order chi connectivity index (χ1) is 13.4. The molecule has 10 heteroatoms. The largest absolute Gasteiger partial charge is 0.317 e. The van der Waals surface area contributed by atoms with Gasteiger partial charge in [-0.2, -0.15) is 0 Å². The first-order valence-corrected chi connectivity index (χ1v) is 14.0. The van der Waals surface area contributed by atoms with Gasteiger partial charge >= 0.3 is 0 Å². The van der Waals surface area contributed by atoms with Gasteiger partial charge in [-0.1, -0.05) is 55.4 Å². The van der Waals surface area contributed by atoms with E-state index in [1.165, 1.54) is 0 Å². The quantitative estimate of drug-likeness (QED) is 0.354. The molecule has 6 nitrogen and oxygen atoms in total. The predicted molar refractivity (Wildman–Crippen MR) is 120 cm³/mol. The summed E-state index contributed by atoms with van der Waals surface area (Å²) in [5.74, 6) is 0.290. The van der Waals surface area contributed by atoms with E-state index < -0.39 is 43.4 Å². The molecule has 3 fully saturated rings. The van der Waals surface area contributed by atoms with Gasteiger partial charge in [-0.25, -0.2) is 0 Å². The lowest BCUT2D eigenvalue weighted by Crippen LogP contribution is -2.41. The molecule has 0 aromatic carbocycles. The molecule has 0 amide bonds. The number of fused-ring (bicyclic) bond motifs is 3. The zero-order valence-electron chi connectivity index (χ0n) is 19.6. The van der Waals surface area contributed by atoms with Gasteiger partial charge in [0, 0.05) is 5.41 Å². The zero-order valence-corrected chi connectivity index (χ0v) is 21.4. The summed E-state index contributed by atoms with van der Waals surface area (Å²) in [7, 11) is 4.49. The fourth-order valence-corrected chi connectivity index (χ4v) is 8.75. The van der Waals surface area contributed by atoms with Gasteiger partial charge in [-0.15, -0.1) is 0 Å². The van der Waals surface area contributed by atoms with E-state index in [0.717, 1.165) is 0 Å². The van der Waals surface area contributed by atoms with Crippen LogP contribution in [0.1, 0.15) is 68.2 Å². The standard InChI is InChI=1S/C20H36B2O6P2/c1-13-9-20(8)12-26-30(22,24)28-16-17(3,4)14(2)10-19(16,7)11-25-29(21,23)27-15(13)18(20,5)6/h13-16H,9-12H2,1-8H3/t13-,14-,15+,16+,19-,20-,29?,30?/m1/s1. The molecule has 2 aliphatic carbocycles. The van der Waals surface area contributed by atoms with E-state index >= 15 is 0 Å². The van der Waals surface area contributed by atoms with Crippen molar-refractivity contribution in [3.63, 3.8) is 0 Å². The Bertz CT molecular complexity index is 789. The highest BCUT2D eigenvalue weighted by atomic mass is 31.2. The molecule has 2 bridgehead atoms. The molecule has 1 heterocycles. The van der Waals surface area contributed by atoms with E-state index in [4.69, 9.17) is 33.2 Å². The lowest BCUT2D eigenvalue weighted by Gasteiger charge is -2.42. The Balaban J connectivity index is 2.03. The Kier molecular flexibility index (Phi) is 6.24. The van der Waals surface area contributed by atoms with Crippen LogP contribution in [0.3, 0.4) is 0 Å². The predicted octanol–water partition coefficient (Wildman–Crippen LogP) is 5.50. The maximum atomic E-state index is 13.3. The van der Waals surface area contributed by atoms with E-state index in [-0.39, 0.29) is 30.5 Å². The second-order valence-electron chi connectivity index (χ2n) is 11.7. The van der Waals surface area contributed by atoms with E-state index in [1.807, 2.05) is 34.6 Å². The molecule has 1 aliphatic heterocycles. The van der Waals surface area contributed by atoms with Crippen molar-refractivity contribution >= 4 is 30.1 Å². The summed E-state index contributed by atoms with van der Waals surface area (Å²) in [5.41, 5.74) is -1.83. The average molecular weight is 456 g/mol. The minimum absolute atomic E-state index is 0.0536. The summed E-state index contributed by atoms with van der Waals surface area (Å²) in [4.78, 5) is 0. The molecule has 2 unspecified atom stereocenters. The van der Waals surface area contributed by atoms with Crippen molar-refractivity contribution in [3.05, 3.63) is 0 Å². The molecule has 0 aromatic heterocycles. The molecule has 0 N–H and O–H groups in total. The third-order valence-electron chi connectivity index (χ3n) is 8.56. The molecule has 168 valence electrons. The van der Waals surface area contributed by atoms with Crippen molar-refractivity contribution < 1.29 is 27.2 Å². The normalized spacial score (nSPS) is 53.9. The smallest absolute Gasteiger partial charge is 0.264 e. The van der Waals surface area contributed by atoms with Crippen molar-refractivity contribution in [1.82, 2.24) is 0 Å². The molecular weight excluding hydrogens is 420 g/mol. The van der Waals surface area contributed by atoms with Gasteiger partial charge in [0.25, 0.3) is 14.9 Å². The molecule has 0 spiro atoms. The molecule has 4 radical (unpaired) electrons. The van der Waals surface area contributed by atoms with Crippen LogP contribution >= 0.6 is 14.9 Å². The first-order valence-electron chi connectivity index (χ1n) is 10.8. The van der Waals surface area contributed by atoms with Gasteiger partial charge in [0.05, 0.1) is 25.4 Å². The zero-order chi connectivity index (χ0) is 23.0. The molecule has 0 aromatic rings. The van der Waals surface area contributed by atoms with E-state index in [9.17, 15) is 9.13 Å². The minimum atomic E-state index is -3.85. The Morgan fingerprint density at radius 3 is 1.97 bits per heavy atom. The minimum Gasteiger partial charge on any atom is -0.317 e. The number of hydrogen-bond donors (Lipinski definition) is 0. The van der Waals surface area contributed by atoms with E-state index in [1.54, 1.807) is 0 Å². The summed E-state index contributed by atoms with van der Waals surface area (Å²) in [6.45, 7) is 16.5. The average Bonchev–Trinajstić information content (AvgIpc) is 2.85. The summed E-state index contributed by atoms with van der Waals surface area (Å²) >= 11 is 0. The van der Waals surface area contributed by atoms with Crippen LogP contribution in [0.15, 0.2) is 0 Å². The summed E-state index contributed by atoms with van der Waals surface area (Å²) in [6.07, 6.45) is 0.513. The third kappa shape index (κ3) is 4.19. The van der Waals surface area contributed by atoms with Crippen LogP contribution in [0.25, 0.3) is 0 Å². The molecular formula is C20H36B2O6P2. The van der Waals surface area contributed by atoms with Gasteiger partial charge in [0.15, 0.2) is 0 Å². The van der Waals surface area contributed by atoms with Gasteiger partial charge in [-0.05, 0) is 40.9 Å². The Morgan fingerprint density at radius 2 is 1.37 bits per heavy atom. The van der Waals surface area contributed by atoms with Crippen LogP contribution in [0.4, 0.5) is 0 Å². The number of rotatable bonds is 0. The molecule has 30 heavy (non-hydrogen) atoms. The SMILES string of the molecule is [B]P1(=O)OC[C@@]2(C)C[C@@H](C)C(C)(C)[C@@H]2OP([B])(=O)OC[C@@]2(C)C[C@@H](C)[C@H](O1)C2(C)C. The highest BCUT2D eigenvalue weighted by molar-refractivity contribution is 7.79. The van der Waals surface area contributed by atoms with Crippen LogP contribution in [0.2, 0.25) is 0 Å². The van der Waals surface area contributed by atoms with Crippen molar-refractivity contribution in [2.75, 3.05) is 13.2 Å². The lowest BCUT2D eigenvalue weighted by molar-refractivity contribution is -0.0205. The van der Waals surface area contributed by atoms with Crippen LogP contribution in [0, 0.1) is 33.5 Å². The van der Waals surface area contributed by atoms with Crippen molar-refractivity contribution in [2.45, 2.75) is 80.4 Å². The highest BCUT2D eigenvalue weighted by Gasteiger charge is 2.60. The second kappa shape index (κ2) is 7.47. The fourth-order valence-electron chi connectivity index (χ4n) is 6.08. The van der Waals surface area contributed by atoms with Crippen LogP contribution in [-0.4, -0.2) is 40.6 Å². The van der Waals surface area contributed by atoms with Crippen LogP contribution < -0.4 is 0 Å². The lowest BCUT2D eigenvalue weighted by atomic mass is 9.69. The summed E-state index contributed by atoms with van der Waals surface area (Å²) < 4.78 is 50.0. The topological polar surface area (TPSA) is 71.1 Å². The van der Waals surface area contributed by atoms with E-state index in [2.05, 4.69) is 20.8 Å². The Hall–Kier alpha value is 0.430. The van der Waals surface area contributed by atoms with Crippen LogP contribution in [-0.2, 0) is 27.2 Å². The Morgan fingerprint density at radius 1 is 0.833 bits per heavy atom. The van der Waals surface area contributed by atoms with Gasteiger partial charge < -0.3 is 18.1 Å². The first kappa shape index (κ1) is 25.1. The molecule has 3 aliphatic rings. The Labute approximate surface area is 184 Å². The molecule has 8 atom stereocenters. The summed E-state index contributed by atoms with van der Waals surface area (Å²) in [6, 6.07) is 0. The van der Waals surface area contributed by atoms with Gasteiger partial charge in [-0.3, -0.25) is 9.13 Å². The number of hydrogen-bond acceptors (Lipinski definition) is 6. The molecule has 3 rings (SSSR count). The van der Waals surface area contributed by atoms with Crippen LogP contribution in [0.5, 0.6) is 0 Å². The third-order valence-corrected chi connectivity index (χ3v) is 10.6. The monoisotopic (exact) mass is 456 g/mol. The maximum Gasteiger partial charge on any atom is 0.264 e. The van der Waals surface area contributed by atoms with Crippen molar-refractivity contribution in [2.24, 2.45) is 33.5 Å². The fraction of sp³-hybridized carbons (Fsp3) is 1.00. The molecule has 2 saturated carbocycles. The van der Waals surface area contributed by atoms with E-state index in [0.29, 0.717) is 12.8 Å². The second-order valence-corrected chi connectivity index (χ2v) is 14.8. The maximum absolute atomic E-state index is 13.3. The highest BCUT2D eigenvalue weighted by Crippen LogP contribution is 2.65. The van der Waals surface area contributed by atoms with Gasteiger partial charge in [0.2, 0.25) is 15.1 Å². The van der Waals surface area contributed by atoms with Crippen molar-refractivity contribution in [3.8, 4) is 0 Å². The summed E-state index contributed by atoms with van der Waals surface area (Å²) in [5, 5.41) is 0. The van der Waals surface area contributed by atoms with Crippen molar-refractivity contribution in [1.29, 1.82) is 0 Å². The molecule has 1 saturated heterocycles.